The van der Waals surface area contributed by atoms with Crippen LogP contribution in [-0.4, -0.2) is 10.9 Å². The topological polar surface area (TPSA) is 78.9 Å². The molecule has 2 rings (SSSR count). The first-order valence-electron chi connectivity index (χ1n) is 4.92. The molecule has 0 saturated carbocycles. The average Bonchev–Trinajstić information content (AvgIpc) is 2.74. The van der Waals surface area contributed by atoms with Gasteiger partial charge in [-0.2, -0.15) is 5.26 Å². The zero-order chi connectivity index (χ0) is 12.3. The van der Waals surface area contributed by atoms with Gasteiger partial charge in [0.25, 0.3) is 5.91 Å². The van der Waals surface area contributed by atoms with Crippen molar-refractivity contribution in [1.29, 1.82) is 5.26 Å². The molecule has 2 aromatic heterocycles. The van der Waals surface area contributed by atoms with E-state index in [4.69, 9.17) is 9.68 Å². The maximum Gasteiger partial charge on any atom is 0.260 e. The molecule has 1 N–H and O–H groups in total. The monoisotopic (exact) mass is 227 g/mol. The number of anilines is 1. The van der Waals surface area contributed by atoms with E-state index in [9.17, 15) is 4.79 Å². The van der Waals surface area contributed by atoms with Crippen LogP contribution in [-0.2, 0) is 0 Å². The molecule has 0 bridgehead atoms. The number of rotatable bonds is 2. The van der Waals surface area contributed by atoms with Crippen LogP contribution < -0.4 is 5.32 Å². The molecule has 0 aliphatic rings. The predicted octanol–water partition coefficient (Wildman–Crippen LogP) is 2.11. The Kier molecular flexibility index (Phi) is 2.88. The van der Waals surface area contributed by atoms with Gasteiger partial charge in [0.15, 0.2) is 5.88 Å². The lowest BCUT2D eigenvalue weighted by Crippen LogP contribution is -2.13. The van der Waals surface area contributed by atoms with Crippen molar-refractivity contribution >= 4 is 11.8 Å². The van der Waals surface area contributed by atoms with E-state index in [0.29, 0.717) is 11.6 Å². The minimum Gasteiger partial charge on any atom is -0.446 e. The Balaban J connectivity index is 2.23. The Morgan fingerprint density at radius 2 is 2.29 bits per heavy atom. The third-order valence-electron chi connectivity index (χ3n) is 2.16. The number of aryl methyl sites for hydroxylation is 1. The number of nitriles is 1. The van der Waals surface area contributed by atoms with E-state index in [1.807, 2.05) is 6.07 Å². The molecule has 0 saturated heterocycles. The number of aromatic nitrogens is 1. The third-order valence-corrected chi connectivity index (χ3v) is 2.16. The summed E-state index contributed by atoms with van der Waals surface area (Å²) < 4.78 is 5.21. The summed E-state index contributed by atoms with van der Waals surface area (Å²) in [5.74, 6) is 0.635. The number of carbonyl (C=O) groups excluding carboxylic acids is 1. The number of amides is 1. The second-order valence-corrected chi connectivity index (χ2v) is 3.40. The average molecular weight is 227 g/mol. The SMILES string of the molecule is Cc1ccc(NC(=O)c2cnccc2C#N)o1. The lowest BCUT2D eigenvalue weighted by Gasteiger charge is -2.02. The van der Waals surface area contributed by atoms with Crippen LogP contribution in [0.4, 0.5) is 5.88 Å². The van der Waals surface area contributed by atoms with E-state index in [-0.39, 0.29) is 11.1 Å². The zero-order valence-corrected chi connectivity index (χ0v) is 9.10. The van der Waals surface area contributed by atoms with Gasteiger partial charge < -0.3 is 4.42 Å². The Hall–Kier alpha value is -2.61. The smallest absolute Gasteiger partial charge is 0.260 e. The maximum atomic E-state index is 11.8. The van der Waals surface area contributed by atoms with Gasteiger partial charge in [-0.05, 0) is 19.1 Å². The largest absolute Gasteiger partial charge is 0.446 e. The molecule has 0 unspecified atom stereocenters. The molecule has 0 aliphatic heterocycles. The number of furan rings is 1. The molecule has 0 aliphatic carbocycles. The summed E-state index contributed by atoms with van der Waals surface area (Å²) in [6, 6.07) is 6.81. The number of carbonyl (C=O) groups is 1. The van der Waals surface area contributed by atoms with Gasteiger partial charge in [-0.3, -0.25) is 15.1 Å². The van der Waals surface area contributed by atoms with E-state index < -0.39 is 5.91 Å². The first kappa shape index (κ1) is 10.9. The fourth-order valence-electron chi connectivity index (χ4n) is 1.35. The maximum absolute atomic E-state index is 11.8. The number of nitrogens with one attached hydrogen (secondary N) is 1. The molecular formula is C12H9N3O2. The Morgan fingerprint density at radius 3 is 2.94 bits per heavy atom. The molecule has 2 aromatic rings. The van der Waals surface area contributed by atoms with Crippen LogP contribution >= 0.6 is 0 Å². The fraction of sp³-hybridized carbons (Fsp3) is 0.0833. The molecule has 0 radical (unpaired) electrons. The summed E-state index contributed by atoms with van der Waals surface area (Å²) >= 11 is 0. The van der Waals surface area contributed by atoms with Crippen molar-refractivity contribution in [3.8, 4) is 6.07 Å². The van der Waals surface area contributed by atoms with Crippen molar-refractivity contribution in [3.63, 3.8) is 0 Å². The predicted molar refractivity (Wildman–Crippen MR) is 60.4 cm³/mol. The van der Waals surface area contributed by atoms with Crippen molar-refractivity contribution in [1.82, 2.24) is 4.98 Å². The molecule has 0 aromatic carbocycles. The summed E-state index contributed by atoms with van der Waals surface area (Å²) in [6.07, 6.45) is 2.82. The molecule has 17 heavy (non-hydrogen) atoms. The minimum atomic E-state index is -0.413. The number of hydrogen-bond donors (Lipinski definition) is 1. The highest BCUT2D eigenvalue weighted by Gasteiger charge is 2.12. The van der Waals surface area contributed by atoms with Crippen LogP contribution in [0.2, 0.25) is 0 Å². The molecule has 0 fully saturated rings. The number of nitrogens with zero attached hydrogens (tertiary/aromatic N) is 2. The normalized spacial score (nSPS) is 9.65. The van der Waals surface area contributed by atoms with Crippen LogP contribution in [0.5, 0.6) is 0 Å². The van der Waals surface area contributed by atoms with Gasteiger partial charge in [0.2, 0.25) is 0 Å². The van der Waals surface area contributed by atoms with E-state index in [1.165, 1.54) is 18.5 Å². The van der Waals surface area contributed by atoms with Crippen LogP contribution in [0, 0.1) is 18.3 Å². The van der Waals surface area contributed by atoms with Crippen LogP contribution in [0.25, 0.3) is 0 Å². The highest BCUT2D eigenvalue weighted by Crippen LogP contribution is 2.14. The van der Waals surface area contributed by atoms with Gasteiger partial charge in [-0.25, -0.2) is 0 Å². The Labute approximate surface area is 97.7 Å². The van der Waals surface area contributed by atoms with Gasteiger partial charge in [0.05, 0.1) is 11.1 Å². The zero-order valence-electron chi connectivity index (χ0n) is 9.10. The molecule has 5 nitrogen and oxygen atoms in total. The van der Waals surface area contributed by atoms with Gasteiger partial charge >= 0.3 is 0 Å². The second kappa shape index (κ2) is 4.49. The second-order valence-electron chi connectivity index (χ2n) is 3.40. The number of pyridine rings is 1. The molecule has 0 spiro atoms. The third kappa shape index (κ3) is 2.32. The quantitative estimate of drug-likeness (QED) is 0.852. The van der Waals surface area contributed by atoms with Crippen molar-refractivity contribution in [3.05, 3.63) is 47.5 Å². The molecular weight excluding hydrogens is 218 g/mol. The summed E-state index contributed by atoms with van der Waals surface area (Å²) in [5.41, 5.74) is 0.504. The first-order valence-corrected chi connectivity index (χ1v) is 4.92. The molecule has 84 valence electrons. The highest BCUT2D eigenvalue weighted by molar-refractivity contribution is 6.05. The van der Waals surface area contributed by atoms with Gasteiger partial charge in [-0.15, -0.1) is 0 Å². The van der Waals surface area contributed by atoms with Crippen LogP contribution in [0.3, 0.4) is 0 Å². The van der Waals surface area contributed by atoms with Crippen LogP contribution in [0.15, 0.2) is 35.0 Å². The van der Waals surface area contributed by atoms with E-state index in [2.05, 4.69) is 10.3 Å². The molecule has 0 atom stereocenters. The summed E-state index contributed by atoms with van der Waals surface area (Å²) in [4.78, 5) is 15.7. The first-order chi connectivity index (χ1) is 8.20. The standard InChI is InChI=1S/C12H9N3O2/c1-8-2-3-11(17-8)15-12(16)10-7-14-5-4-9(10)6-13/h2-5,7H,1H3,(H,15,16). The van der Waals surface area contributed by atoms with Crippen molar-refractivity contribution < 1.29 is 9.21 Å². The lowest BCUT2D eigenvalue weighted by atomic mass is 10.1. The molecule has 2 heterocycles. The number of hydrogen-bond acceptors (Lipinski definition) is 4. The molecule has 5 heteroatoms. The summed E-state index contributed by atoms with van der Waals surface area (Å²) in [5, 5.41) is 11.4. The Morgan fingerprint density at radius 1 is 1.47 bits per heavy atom. The summed E-state index contributed by atoms with van der Waals surface area (Å²) in [7, 11) is 0. The highest BCUT2D eigenvalue weighted by atomic mass is 16.4. The van der Waals surface area contributed by atoms with E-state index in [1.54, 1.807) is 19.1 Å². The Bertz CT molecular complexity index is 596. The van der Waals surface area contributed by atoms with E-state index >= 15 is 0 Å². The van der Waals surface area contributed by atoms with Crippen molar-refractivity contribution in [2.24, 2.45) is 0 Å². The minimum absolute atomic E-state index is 0.226. The van der Waals surface area contributed by atoms with Crippen molar-refractivity contribution in [2.75, 3.05) is 5.32 Å². The van der Waals surface area contributed by atoms with Gasteiger partial charge in [-0.1, -0.05) is 0 Å². The van der Waals surface area contributed by atoms with Gasteiger partial charge in [0.1, 0.15) is 11.8 Å². The van der Waals surface area contributed by atoms with Gasteiger partial charge in [0, 0.05) is 18.5 Å². The fourth-order valence-corrected chi connectivity index (χ4v) is 1.35. The summed E-state index contributed by atoms with van der Waals surface area (Å²) in [6.45, 7) is 1.78. The van der Waals surface area contributed by atoms with E-state index in [0.717, 1.165) is 0 Å². The van der Waals surface area contributed by atoms with Crippen molar-refractivity contribution in [2.45, 2.75) is 6.92 Å². The lowest BCUT2D eigenvalue weighted by molar-refractivity contribution is 0.102. The molecule has 1 amide bonds. The van der Waals surface area contributed by atoms with Crippen LogP contribution in [0.1, 0.15) is 21.7 Å².